The van der Waals surface area contributed by atoms with E-state index in [1.807, 2.05) is 19.1 Å². The van der Waals surface area contributed by atoms with Crippen molar-refractivity contribution >= 4 is 23.3 Å². The van der Waals surface area contributed by atoms with Gasteiger partial charge < -0.3 is 10.6 Å². The van der Waals surface area contributed by atoms with E-state index in [0.717, 1.165) is 18.4 Å². The van der Waals surface area contributed by atoms with Gasteiger partial charge in [0.25, 0.3) is 5.91 Å². The van der Waals surface area contributed by atoms with Crippen molar-refractivity contribution < 1.29 is 14.4 Å². The van der Waals surface area contributed by atoms with Crippen LogP contribution in [0.3, 0.4) is 0 Å². The van der Waals surface area contributed by atoms with Crippen molar-refractivity contribution in [3.63, 3.8) is 0 Å². The van der Waals surface area contributed by atoms with Crippen molar-refractivity contribution in [3.8, 4) is 11.8 Å². The van der Waals surface area contributed by atoms with Crippen LogP contribution in [0.15, 0.2) is 61.2 Å². The number of anilines is 1. The Balaban J connectivity index is 1.74. The number of rotatable bonds is 10. The number of ketones is 1. The molecular weight excluding hydrogens is 400 g/mol. The van der Waals surface area contributed by atoms with Crippen LogP contribution in [0.25, 0.3) is 0 Å². The predicted molar refractivity (Wildman–Crippen MR) is 129 cm³/mol. The van der Waals surface area contributed by atoms with Crippen LogP contribution in [0.2, 0.25) is 0 Å². The number of nitrogens with one attached hydrogen (secondary N) is 2. The molecule has 1 unspecified atom stereocenters. The number of carbonyl (C=O) groups excluding carboxylic acids is 3. The van der Waals surface area contributed by atoms with E-state index in [4.69, 9.17) is 0 Å². The smallest absolute Gasteiger partial charge is 0.251 e. The maximum absolute atomic E-state index is 12.3. The van der Waals surface area contributed by atoms with Gasteiger partial charge in [-0.15, -0.1) is 0 Å². The first-order valence-electron chi connectivity index (χ1n) is 10.9. The summed E-state index contributed by atoms with van der Waals surface area (Å²) in [6.45, 7) is 7.92. The van der Waals surface area contributed by atoms with E-state index in [0.29, 0.717) is 36.2 Å². The molecule has 2 amide bonds. The Bertz CT molecular complexity index is 996. The minimum atomic E-state index is -0.220. The number of Topliss-reactive ketones (excluding diaryl/α,β-unsaturated/α-hetero) is 1. The zero-order valence-corrected chi connectivity index (χ0v) is 18.7. The first-order chi connectivity index (χ1) is 15.4. The molecule has 166 valence electrons. The highest BCUT2D eigenvalue weighted by Gasteiger charge is 2.15. The lowest BCUT2D eigenvalue weighted by molar-refractivity contribution is -0.116. The van der Waals surface area contributed by atoms with Gasteiger partial charge in [-0.2, -0.15) is 0 Å². The van der Waals surface area contributed by atoms with E-state index in [1.54, 1.807) is 36.4 Å². The molecule has 0 fully saturated rings. The molecule has 0 aliphatic heterocycles. The average Bonchev–Trinajstić information content (AvgIpc) is 2.81. The van der Waals surface area contributed by atoms with Crippen molar-refractivity contribution in [1.82, 2.24) is 5.32 Å². The highest BCUT2D eigenvalue weighted by atomic mass is 16.2. The van der Waals surface area contributed by atoms with Gasteiger partial charge in [-0.3, -0.25) is 14.4 Å². The van der Waals surface area contributed by atoms with Gasteiger partial charge >= 0.3 is 0 Å². The fourth-order valence-corrected chi connectivity index (χ4v) is 3.18. The third kappa shape index (κ3) is 7.88. The summed E-state index contributed by atoms with van der Waals surface area (Å²) in [4.78, 5) is 36.7. The second kappa shape index (κ2) is 12.9. The van der Waals surface area contributed by atoms with Crippen LogP contribution < -0.4 is 10.6 Å². The molecule has 1 atom stereocenters. The summed E-state index contributed by atoms with van der Waals surface area (Å²) in [6.07, 6.45) is 4.15. The molecule has 5 nitrogen and oxygen atoms in total. The molecular formula is C27H30N2O3. The van der Waals surface area contributed by atoms with E-state index in [9.17, 15) is 14.4 Å². The highest BCUT2D eigenvalue weighted by molar-refractivity contribution is 5.99. The number of allylic oxidation sites excluding steroid dienone is 1. The summed E-state index contributed by atoms with van der Waals surface area (Å²) < 4.78 is 0. The Morgan fingerprint density at radius 1 is 1.03 bits per heavy atom. The molecule has 0 aliphatic rings. The lowest BCUT2D eigenvalue weighted by Crippen LogP contribution is -2.25. The molecule has 0 saturated carbocycles. The van der Waals surface area contributed by atoms with E-state index < -0.39 is 0 Å². The van der Waals surface area contributed by atoms with E-state index in [2.05, 4.69) is 36.0 Å². The number of carbonyl (C=O) groups is 3. The minimum Gasteiger partial charge on any atom is -0.352 e. The fourth-order valence-electron chi connectivity index (χ4n) is 3.18. The van der Waals surface area contributed by atoms with Crippen LogP contribution in [0, 0.1) is 17.8 Å². The molecule has 2 aromatic carbocycles. The van der Waals surface area contributed by atoms with Crippen LogP contribution in [-0.2, 0) is 4.79 Å². The molecule has 2 aromatic rings. The molecule has 0 aliphatic carbocycles. The SMILES string of the molecule is C=CC#Cc1ccc(NC(=O)CCCNC(=O)c2ccc(C(=O)C(C)CCC)cc2)cc1. The van der Waals surface area contributed by atoms with Crippen LogP contribution in [-0.4, -0.2) is 24.1 Å². The Morgan fingerprint density at radius 2 is 1.69 bits per heavy atom. The molecule has 0 heterocycles. The Kier molecular flexibility index (Phi) is 9.93. The standard InChI is InChI=1S/C27H30N2O3/c1-4-6-9-21-11-17-24(18-12-21)29-25(30)10-7-19-28-27(32)23-15-13-22(14-16-23)26(31)20(3)8-5-2/h4,11-18,20H,1,5,7-8,10,19H2,2-3H3,(H,28,32)(H,29,30). The monoisotopic (exact) mass is 430 g/mol. The minimum absolute atomic E-state index is 0.0188. The molecule has 0 spiro atoms. The molecule has 5 heteroatoms. The largest absolute Gasteiger partial charge is 0.352 e. The number of hydrogen-bond donors (Lipinski definition) is 2. The van der Waals surface area contributed by atoms with Gasteiger partial charge in [0.1, 0.15) is 0 Å². The second-order valence-electron chi connectivity index (χ2n) is 7.59. The van der Waals surface area contributed by atoms with Crippen LogP contribution in [0.5, 0.6) is 0 Å². The van der Waals surface area contributed by atoms with Crippen molar-refractivity contribution in [2.45, 2.75) is 39.5 Å². The van der Waals surface area contributed by atoms with Crippen molar-refractivity contribution in [2.75, 3.05) is 11.9 Å². The lowest BCUT2D eigenvalue weighted by Gasteiger charge is -2.10. The Morgan fingerprint density at radius 3 is 2.31 bits per heavy atom. The average molecular weight is 431 g/mol. The third-order valence-corrected chi connectivity index (χ3v) is 4.95. The lowest BCUT2D eigenvalue weighted by atomic mass is 9.95. The molecule has 0 radical (unpaired) electrons. The van der Waals surface area contributed by atoms with Gasteiger partial charge in [0.05, 0.1) is 0 Å². The van der Waals surface area contributed by atoms with Gasteiger partial charge in [-0.1, -0.05) is 50.8 Å². The maximum atomic E-state index is 12.3. The van der Waals surface area contributed by atoms with Gasteiger partial charge in [0.2, 0.25) is 5.91 Å². The van der Waals surface area contributed by atoms with Crippen LogP contribution >= 0.6 is 0 Å². The summed E-state index contributed by atoms with van der Waals surface area (Å²) in [7, 11) is 0. The molecule has 32 heavy (non-hydrogen) atoms. The van der Waals surface area contributed by atoms with Crippen LogP contribution in [0.1, 0.15) is 65.8 Å². The first-order valence-corrected chi connectivity index (χ1v) is 10.9. The quantitative estimate of drug-likeness (QED) is 0.317. The number of amides is 2. The van der Waals surface area contributed by atoms with Crippen molar-refractivity contribution in [1.29, 1.82) is 0 Å². The summed E-state index contributed by atoms with van der Waals surface area (Å²) in [5.41, 5.74) is 2.67. The van der Waals surface area contributed by atoms with Gasteiger partial charge in [-0.05, 0) is 55.3 Å². The predicted octanol–water partition coefficient (Wildman–Crippen LogP) is 4.99. The molecule has 0 bridgehead atoms. The number of benzene rings is 2. The van der Waals surface area contributed by atoms with Gasteiger partial charge in [-0.25, -0.2) is 0 Å². The van der Waals surface area contributed by atoms with E-state index in [1.165, 1.54) is 6.08 Å². The first kappa shape index (κ1) is 24.6. The second-order valence-corrected chi connectivity index (χ2v) is 7.59. The van der Waals surface area contributed by atoms with Crippen LogP contribution in [0.4, 0.5) is 5.69 Å². The highest BCUT2D eigenvalue weighted by Crippen LogP contribution is 2.15. The number of hydrogen-bond acceptors (Lipinski definition) is 3. The molecule has 0 saturated heterocycles. The van der Waals surface area contributed by atoms with Crippen molar-refractivity contribution in [2.24, 2.45) is 5.92 Å². The molecule has 2 N–H and O–H groups in total. The normalized spacial score (nSPS) is 10.9. The summed E-state index contributed by atoms with van der Waals surface area (Å²) >= 11 is 0. The Labute approximate surface area is 190 Å². The fraction of sp³-hybridized carbons (Fsp3) is 0.296. The van der Waals surface area contributed by atoms with Gasteiger partial charge in [0, 0.05) is 41.3 Å². The zero-order valence-electron chi connectivity index (χ0n) is 18.7. The van der Waals surface area contributed by atoms with Gasteiger partial charge in [0.15, 0.2) is 5.78 Å². The summed E-state index contributed by atoms with van der Waals surface area (Å²) in [5.74, 6) is 5.44. The summed E-state index contributed by atoms with van der Waals surface area (Å²) in [6, 6.07) is 14.0. The van der Waals surface area contributed by atoms with E-state index >= 15 is 0 Å². The summed E-state index contributed by atoms with van der Waals surface area (Å²) in [5, 5.41) is 5.64. The maximum Gasteiger partial charge on any atom is 0.251 e. The molecule has 0 aromatic heterocycles. The Hall–Kier alpha value is -3.65. The van der Waals surface area contributed by atoms with E-state index in [-0.39, 0.29) is 23.5 Å². The zero-order chi connectivity index (χ0) is 23.3. The topological polar surface area (TPSA) is 75.3 Å². The third-order valence-electron chi connectivity index (χ3n) is 4.95. The molecule has 2 rings (SSSR count). The van der Waals surface area contributed by atoms with Crippen molar-refractivity contribution in [3.05, 3.63) is 77.9 Å².